The number of nitrogens with one attached hydrogen (secondary N) is 2. The highest BCUT2D eigenvalue weighted by Crippen LogP contribution is 2.19. The molecule has 3 atom stereocenters. The third-order valence-corrected chi connectivity index (χ3v) is 5.81. The summed E-state index contributed by atoms with van der Waals surface area (Å²) in [7, 11) is 0. The predicted octanol–water partition coefficient (Wildman–Crippen LogP) is 3.59. The average Bonchev–Trinajstić information content (AvgIpc) is 2.70. The van der Waals surface area contributed by atoms with Gasteiger partial charge in [-0.25, -0.2) is 4.79 Å². The van der Waals surface area contributed by atoms with Crippen LogP contribution in [0, 0.1) is 11.8 Å². The smallest absolute Gasteiger partial charge is 0.322 e. The number of hydrogen-bond acceptors (Lipinski definition) is 3. The van der Waals surface area contributed by atoms with Crippen LogP contribution in [0.15, 0.2) is 24.3 Å². The lowest BCUT2D eigenvalue weighted by Crippen LogP contribution is -2.60. The van der Waals surface area contributed by atoms with Gasteiger partial charge in [0.1, 0.15) is 6.04 Å². The van der Waals surface area contributed by atoms with Crippen LogP contribution < -0.4 is 10.6 Å². The summed E-state index contributed by atoms with van der Waals surface area (Å²) in [6, 6.07) is 6.07. The van der Waals surface area contributed by atoms with Crippen molar-refractivity contribution >= 4 is 35.1 Å². The fraction of sp³-hybridized carbons (Fsp3) is 0.591. The van der Waals surface area contributed by atoms with E-state index in [-0.39, 0.29) is 35.7 Å². The number of benzene rings is 1. The summed E-state index contributed by atoms with van der Waals surface area (Å²) in [5.74, 6) is -0.365. The zero-order chi connectivity index (χ0) is 22.4. The third-order valence-electron chi connectivity index (χ3n) is 5.58. The first-order valence-electron chi connectivity index (χ1n) is 10.6. The van der Waals surface area contributed by atoms with Crippen LogP contribution in [0.2, 0.25) is 5.02 Å². The molecule has 1 saturated heterocycles. The van der Waals surface area contributed by atoms with Crippen molar-refractivity contribution in [1.82, 2.24) is 15.1 Å². The summed E-state index contributed by atoms with van der Waals surface area (Å²) in [6.45, 7) is 10.8. The van der Waals surface area contributed by atoms with Gasteiger partial charge in [0.05, 0.1) is 0 Å². The van der Waals surface area contributed by atoms with Gasteiger partial charge in [0.25, 0.3) is 0 Å². The number of halogens is 1. The van der Waals surface area contributed by atoms with E-state index in [1.165, 1.54) is 0 Å². The third kappa shape index (κ3) is 6.11. The second-order valence-corrected chi connectivity index (χ2v) is 8.73. The van der Waals surface area contributed by atoms with Gasteiger partial charge in [0.2, 0.25) is 11.8 Å². The van der Waals surface area contributed by atoms with Crippen LogP contribution in [-0.2, 0) is 9.59 Å². The first kappa shape index (κ1) is 24.0. The van der Waals surface area contributed by atoms with Gasteiger partial charge in [-0.2, -0.15) is 0 Å². The van der Waals surface area contributed by atoms with Gasteiger partial charge >= 0.3 is 6.03 Å². The highest BCUT2D eigenvalue weighted by molar-refractivity contribution is 6.30. The maximum absolute atomic E-state index is 13.2. The van der Waals surface area contributed by atoms with Gasteiger partial charge in [-0.15, -0.1) is 0 Å². The highest BCUT2D eigenvalue weighted by Gasteiger charge is 2.35. The van der Waals surface area contributed by atoms with Crippen LogP contribution in [0.4, 0.5) is 10.5 Å². The van der Waals surface area contributed by atoms with Gasteiger partial charge in [0.15, 0.2) is 0 Å². The summed E-state index contributed by atoms with van der Waals surface area (Å²) in [5, 5.41) is 6.32. The highest BCUT2D eigenvalue weighted by atomic mass is 35.5. The lowest BCUT2D eigenvalue weighted by Gasteiger charge is -2.41. The summed E-state index contributed by atoms with van der Waals surface area (Å²) in [6.07, 6.45) is 0.784. The van der Waals surface area contributed by atoms with Crippen LogP contribution in [-0.4, -0.2) is 59.4 Å². The Labute approximate surface area is 184 Å². The Morgan fingerprint density at radius 3 is 2.47 bits per heavy atom. The molecule has 1 aromatic rings. The van der Waals surface area contributed by atoms with Gasteiger partial charge in [0, 0.05) is 42.3 Å². The standard InChI is InChI=1S/C22H33ClN4O3/c1-6-15(4)19(25-20(28)14(2)3)21(29)26-10-11-27(16(5)13-26)22(30)24-18-9-7-8-17(23)12-18/h7-9,12,14-16,19H,6,10-11,13H2,1-5H3,(H,24,30)(H,25,28). The SMILES string of the molecule is CCC(C)C(NC(=O)C(C)C)C(=O)N1CCN(C(=O)Nc2cccc(Cl)c2)C(C)C1. The topological polar surface area (TPSA) is 81.8 Å². The maximum Gasteiger partial charge on any atom is 0.322 e. The first-order chi connectivity index (χ1) is 14.1. The summed E-state index contributed by atoms with van der Waals surface area (Å²) in [4.78, 5) is 41.6. The molecule has 2 N–H and O–H groups in total. The Hall–Kier alpha value is -2.28. The number of rotatable bonds is 6. The number of hydrogen-bond donors (Lipinski definition) is 2. The molecule has 1 heterocycles. The predicted molar refractivity (Wildman–Crippen MR) is 119 cm³/mol. The van der Waals surface area contributed by atoms with Crippen LogP contribution in [0.3, 0.4) is 0 Å². The fourth-order valence-corrected chi connectivity index (χ4v) is 3.61. The Balaban J connectivity index is 2.02. The number of urea groups is 1. The van der Waals surface area contributed by atoms with Gasteiger partial charge < -0.3 is 20.4 Å². The van der Waals surface area contributed by atoms with Crippen molar-refractivity contribution < 1.29 is 14.4 Å². The van der Waals surface area contributed by atoms with Crippen LogP contribution in [0.5, 0.6) is 0 Å². The van der Waals surface area contributed by atoms with Crippen molar-refractivity contribution in [1.29, 1.82) is 0 Å². The minimum Gasteiger partial charge on any atom is -0.344 e. The van der Waals surface area contributed by atoms with Gasteiger partial charge in [-0.1, -0.05) is 51.8 Å². The molecule has 0 saturated carbocycles. The van der Waals surface area contributed by atoms with E-state index in [1.54, 1.807) is 34.1 Å². The number of carbonyl (C=O) groups excluding carboxylic acids is 3. The summed E-state index contributed by atoms with van der Waals surface area (Å²) in [5.41, 5.74) is 0.631. The average molecular weight is 437 g/mol. The fourth-order valence-electron chi connectivity index (χ4n) is 3.42. The normalized spacial score (nSPS) is 18.7. The number of amides is 4. The first-order valence-corrected chi connectivity index (χ1v) is 10.9. The Bertz CT molecular complexity index is 771. The largest absolute Gasteiger partial charge is 0.344 e. The number of piperazine rings is 1. The molecule has 1 aliphatic heterocycles. The van der Waals surface area contributed by atoms with E-state index >= 15 is 0 Å². The van der Waals surface area contributed by atoms with Crippen LogP contribution in [0.25, 0.3) is 0 Å². The molecule has 4 amide bonds. The molecule has 166 valence electrons. The molecule has 30 heavy (non-hydrogen) atoms. The Morgan fingerprint density at radius 2 is 1.90 bits per heavy atom. The molecule has 0 aliphatic carbocycles. The molecule has 3 unspecified atom stereocenters. The van der Waals surface area contributed by atoms with Gasteiger partial charge in [-0.05, 0) is 31.0 Å². The van der Waals surface area contributed by atoms with E-state index in [0.717, 1.165) is 6.42 Å². The van der Waals surface area contributed by atoms with Crippen molar-refractivity contribution in [3.05, 3.63) is 29.3 Å². The Kier molecular flexibility index (Phi) is 8.53. The number of anilines is 1. The second kappa shape index (κ2) is 10.7. The molecule has 8 heteroatoms. The van der Waals surface area contributed by atoms with E-state index < -0.39 is 6.04 Å². The van der Waals surface area contributed by atoms with Crippen molar-refractivity contribution in [3.63, 3.8) is 0 Å². The number of carbonyl (C=O) groups is 3. The van der Waals surface area contributed by atoms with E-state index in [0.29, 0.717) is 30.3 Å². The van der Waals surface area contributed by atoms with E-state index in [9.17, 15) is 14.4 Å². The molecule has 0 spiro atoms. The zero-order valence-corrected chi connectivity index (χ0v) is 19.2. The molecular weight excluding hydrogens is 404 g/mol. The Morgan fingerprint density at radius 1 is 1.20 bits per heavy atom. The molecule has 1 aliphatic rings. The molecule has 7 nitrogen and oxygen atoms in total. The van der Waals surface area contributed by atoms with Crippen LogP contribution >= 0.6 is 11.6 Å². The molecule has 0 bridgehead atoms. The maximum atomic E-state index is 13.2. The quantitative estimate of drug-likeness (QED) is 0.714. The zero-order valence-electron chi connectivity index (χ0n) is 18.4. The summed E-state index contributed by atoms with van der Waals surface area (Å²) >= 11 is 5.98. The summed E-state index contributed by atoms with van der Waals surface area (Å²) < 4.78 is 0. The van der Waals surface area contributed by atoms with Crippen LogP contribution in [0.1, 0.15) is 41.0 Å². The molecule has 0 aromatic heterocycles. The van der Waals surface area contributed by atoms with Crippen molar-refractivity contribution in [2.45, 2.75) is 53.1 Å². The minimum absolute atomic E-state index is 0.0275. The molecule has 0 radical (unpaired) electrons. The lowest BCUT2D eigenvalue weighted by atomic mass is 9.96. The molecule has 1 aromatic carbocycles. The molecule has 2 rings (SSSR count). The van der Waals surface area contributed by atoms with Crippen molar-refractivity contribution in [3.8, 4) is 0 Å². The van der Waals surface area contributed by atoms with E-state index in [2.05, 4.69) is 10.6 Å². The van der Waals surface area contributed by atoms with E-state index in [4.69, 9.17) is 11.6 Å². The van der Waals surface area contributed by atoms with E-state index in [1.807, 2.05) is 34.6 Å². The monoisotopic (exact) mass is 436 g/mol. The van der Waals surface area contributed by atoms with Crippen molar-refractivity contribution in [2.24, 2.45) is 11.8 Å². The molecule has 1 fully saturated rings. The second-order valence-electron chi connectivity index (χ2n) is 8.29. The number of nitrogens with zero attached hydrogens (tertiary/aromatic N) is 2. The lowest BCUT2D eigenvalue weighted by molar-refractivity contribution is -0.140. The molecular formula is C22H33ClN4O3. The van der Waals surface area contributed by atoms with Crippen molar-refractivity contribution in [2.75, 3.05) is 25.0 Å². The minimum atomic E-state index is -0.552. The van der Waals surface area contributed by atoms with Gasteiger partial charge in [-0.3, -0.25) is 9.59 Å².